The number of esters is 2. The average molecular weight is 548 g/mol. The third-order valence-electron chi connectivity index (χ3n) is 4.54. The molecule has 1 heterocycles. The van der Waals surface area contributed by atoms with Crippen LogP contribution in [-0.4, -0.2) is 37.0 Å². The van der Waals surface area contributed by atoms with Crippen LogP contribution in [0.2, 0.25) is 0 Å². The molecule has 0 aliphatic heterocycles. The van der Waals surface area contributed by atoms with Crippen molar-refractivity contribution in [2.45, 2.75) is 47.1 Å². The number of hydrogen-bond acceptors (Lipinski definition) is 8. The van der Waals surface area contributed by atoms with Gasteiger partial charge in [-0.2, -0.15) is 5.26 Å². The van der Waals surface area contributed by atoms with Crippen molar-refractivity contribution in [2.75, 3.05) is 13.2 Å². The average Bonchev–Trinajstić information content (AvgIpc) is 3.09. The van der Waals surface area contributed by atoms with Crippen LogP contribution in [0.25, 0.3) is 6.08 Å². The summed E-state index contributed by atoms with van der Waals surface area (Å²) >= 11 is 4.40. The van der Waals surface area contributed by atoms with Crippen LogP contribution in [0.3, 0.4) is 0 Å². The predicted octanol–water partition coefficient (Wildman–Crippen LogP) is 5.68. The molecule has 180 valence electrons. The van der Waals surface area contributed by atoms with Crippen molar-refractivity contribution in [2.24, 2.45) is 0 Å². The highest BCUT2D eigenvalue weighted by atomic mass is 79.9. The number of ketones is 1. The van der Waals surface area contributed by atoms with E-state index in [4.69, 9.17) is 14.2 Å². The highest BCUT2D eigenvalue weighted by Crippen LogP contribution is 2.32. The highest BCUT2D eigenvalue weighted by Gasteiger charge is 2.28. The third-order valence-corrected chi connectivity index (χ3v) is 6.30. The number of benzene rings is 1. The van der Waals surface area contributed by atoms with Crippen molar-refractivity contribution in [1.82, 2.24) is 0 Å². The van der Waals surface area contributed by atoms with Crippen molar-refractivity contribution < 1.29 is 28.6 Å². The Balaban J connectivity index is 2.48. The summed E-state index contributed by atoms with van der Waals surface area (Å²) in [7, 11) is 0. The molecule has 1 aromatic carbocycles. The summed E-state index contributed by atoms with van der Waals surface area (Å²) in [5, 5.41) is 9.70. The Morgan fingerprint density at radius 3 is 2.38 bits per heavy atom. The van der Waals surface area contributed by atoms with Crippen LogP contribution < -0.4 is 4.74 Å². The molecule has 0 saturated heterocycles. The van der Waals surface area contributed by atoms with E-state index in [0.717, 1.165) is 15.8 Å². The molecule has 7 nitrogen and oxygen atoms in total. The van der Waals surface area contributed by atoms with E-state index in [-0.39, 0.29) is 41.8 Å². The van der Waals surface area contributed by atoms with Crippen LogP contribution in [0, 0.1) is 18.3 Å². The van der Waals surface area contributed by atoms with E-state index in [0.29, 0.717) is 21.8 Å². The molecule has 0 unspecified atom stereocenters. The Hall–Kier alpha value is -2.96. The first kappa shape index (κ1) is 27.3. The second-order valence-corrected chi connectivity index (χ2v) is 9.43. The van der Waals surface area contributed by atoms with Crippen molar-refractivity contribution in [3.8, 4) is 11.8 Å². The van der Waals surface area contributed by atoms with E-state index < -0.39 is 17.7 Å². The maximum Gasteiger partial charge on any atom is 0.348 e. The normalized spacial score (nSPS) is 11.2. The van der Waals surface area contributed by atoms with Crippen LogP contribution in [0.5, 0.6) is 5.75 Å². The molecule has 0 radical (unpaired) electrons. The van der Waals surface area contributed by atoms with Gasteiger partial charge in [0.25, 0.3) is 0 Å². The summed E-state index contributed by atoms with van der Waals surface area (Å²) in [5.41, 5.74) is 1.01. The van der Waals surface area contributed by atoms with Gasteiger partial charge in [-0.25, -0.2) is 9.59 Å². The van der Waals surface area contributed by atoms with E-state index in [1.807, 2.05) is 19.9 Å². The van der Waals surface area contributed by atoms with Gasteiger partial charge in [0.15, 0.2) is 5.78 Å². The molecule has 34 heavy (non-hydrogen) atoms. The molecule has 0 N–H and O–H groups in total. The van der Waals surface area contributed by atoms with Crippen LogP contribution in [0.4, 0.5) is 0 Å². The van der Waals surface area contributed by atoms with Gasteiger partial charge in [0, 0.05) is 21.3 Å². The summed E-state index contributed by atoms with van der Waals surface area (Å²) in [5.74, 6) is -1.17. The largest absolute Gasteiger partial charge is 0.490 e. The van der Waals surface area contributed by atoms with Gasteiger partial charge in [-0.15, -0.1) is 11.3 Å². The highest BCUT2D eigenvalue weighted by molar-refractivity contribution is 9.10. The first-order chi connectivity index (χ1) is 16.1. The molecular weight excluding hydrogens is 522 g/mol. The Morgan fingerprint density at radius 2 is 1.79 bits per heavy atom. The maximum absolute atomic E-state index is 13.1. The van der Waals surface area contributed by atoms with Crippen molar-refractivity contribution in [3.05, 3.63) is 54.7 Å². The zero-order valence-corrected chi connectivity index (χ0v) is 22.1. The fourth-order valence-electron chi connectivity index (χ4n) is 3.12. The number of Topliss-reactive ketones (excluding diaryl/α,β-unsaturated/α-hetero) is 1. The molecule has 2 rings (SSSR count). The second-order valence-electron chi connectivity index (χ2n) is 7.41. The fourth-order valence-corrected chi connectivity index (χ4v) is 4.69. The number of allylic oxidation sites excluding steroid dienone is 1. The second kappa shape index (κ2) is 12.5. The number of thiophene rings is 1. The molecule has 2 aromatic rings. The summed E-state index contributed by atoms with van der Waals surface area (Å²) in [4.78, 5) is 38.6. The van der Waals surface area contributed by atoms with Crippen molar-refractivity contribution in [3.63, 3.8) is 0 Å². The molecule has 0 bridgehead atoms. The lowest BCUT2D eigenvalue weighted by Gasteiger charge is -2.13. The van der Waals surface area contributed by atoms with Crippen molar-refractivity contribution in [1.29, 1.82) is 5.26 Å². The van der Waals surface area contributed by atoms with Gasteiger partial charge < -0.3 is 14.2 Å². The number of hydrogen-bond donors (Lipinski definition) is 0. The van der Waals surface area contributed by atoms with Gasteiger partial charge in [-0.3, -0.25) is 4.79 Å². The summed E-state index contributed by atoms with van der Waals surface area (Å²) in [6.45, 7) is 9.03. The molecule has 0 fully saturated rings. The Morgan fingerprint density at radius 1 is 1.15 bits per heavy atom. The first-order valence-corrected chi connectivity index (χ1v) is 12.3. The first-order valence-electron chi connectivity index (χ1n) is 10.7. The minimum absolute atomic E-state index is 0.0999. The van der Waals surface area contributed by atoms with E-state index in [1.165, 1.54) is 6.08 Å². The smallest absolute Gasteiger partial charge is 0.348 e. The number of carbonyl (C=O) groups excluding carboxylic acids is 3. The molecule has 0 saturated carbocycles. The topological polar surface area (TPSA) is 103 Å². The zero-order valence-electron chi connectivity index (χ0n) is 19.7. The summed E-state index contributed by atoms with van der Waals surface area (Å²) in [6, 6.07) is 7.25. The molecule has 0 aliphatic rings. The van der Waals surface area contributed by atoms with E-state index in [1.54, 1.807) is 39.0 Å². The van der Waals surface area contributed by atoms with Gasteiger partial charge in [-0.05, 0) is 64.5 Å². The number of rotatable bonds is 10. The predicted molar refractivity (Wildman–Crippen MR) is 133 cm³/mol. The van der Waals surface area contributed by atoms with Gasteiger partial charge in [0.2, 0.25) is 0 Å². The Bertz CT molecular complexity index is 1160. The van der Waals surface area contributed by atoms with Gasteiger partial charge in [-0.1, -0.05) is 15.9 Å². The molecule has 0 atom stereocenters. The fraction of sp³-hybridized carbons (Fsp3) is 0.360. The lowest BCUT2D eigenvalue weighted by molar-refractivity contribution is -0.114. The third kappa shape index (κ3) is 6.78. The van der Waals surface area contributed by atoms with E-state index >= 15 is 0 Å². The molecule has 0 amide bonds. The molecule has 1 aromatic heterocycles. The Kier molecular flexibility index (Phi) is 10.0. The zero-order chi connectivity index (χ0) is 25.4. The lowest BCUT2D eigenvalue weighted by Crippen LogP contribution is -2.12. The van der Waals surface area contributed by atoms with Crippen LogP contribution in [-0.2, 0) is 20.7 Å². The van der Waals surface area contributed by atoms with Crippen LogP contribution in [0.1, 0.15) is 63.7 Å². The summed E-state index contributed by atoms with van der Waals surface area (Å²) in [6.07, 6.45) is 1.12. The molecule has 9 heteroatoms. The number of ether oxygens (including phenoxy) is 3. The van der Waals surface area contributed by atoms with E-state index in [2.05, 4.69) is 15.9 Å². The lowest BCUT2D eigenvalue weighted by atomic mass is 10.0. The molecule has 0 spiro atoms. The number of nitrogens with zero attached hydrogens (tertiary/aromatic N) is 1. The Labute approximate surface area is 211 Å². The van der Waals surface area contributed by atoms with E-state index in [9.17, 15) is 19.6 Å². The number of halogens is 1. The number of carbonyl (C=O) groups is 3. The number of nitriles is 1. The maximum atomic E-state index is 13.1. The van der Waals surface area contributed by atoms with Gasteiger partial charge in [0.1, 0.15) is 16.7 Å². The monoisotopic (exact) mass is 547 g/mol. The minimum atomic E-state index is -0.628. The SMILES string of the molecule is CCOC(=O)c1sc(CC(=O)/C(C#N)=C\c2cc(Br)ccc2OC(C)C)c(C(=O)OCC)c1C. The standard InChI is InChI=1S/C25H26BrNO6S/c1-6-31-24(29)22-15(5)23(25(30)32-7-2)34-21(22)12-19(28)17(13-27)10-16-11-18(26)8-9-20(16)33-14(3)4/h8-11,14H,6-7,12H2,1-5H3/b17-10-. The van der Waals surface area contributed by atoms with Gasteiger partial charge >= 0.3 is 11.9 Å². The van der Waals surface area contributed by atoms with Crippen molar-refractivity contribution >= 4 is 51.1 Å². The molecular formula is C25H26BrNO6S. The minimum Gasteiger partial charge on any atom is -0.490 e. The van der Waals surface area contributed by atoms with Gasteiger partial charge in [0.05, 0.1) is 30.5 Å². The summed E-state index contributed by atoms with van der Waals surface area (Å²) < 4.78 is 16.8. The van der Waals surface area contributed by atoms with Crippen LogP contribution >= 0.6 is 27.3 Å². The quantitative estimate of drug-likeness (QED) is 0.214. The molecule has 0 aliphatic carbocycles. The van der Waals surface area contributed by atoms with Crippen LogP contribution in [0.15, 0.2) is 28.2 Å².